The van der Waals surface area contributed by atoms with Crippen LogP contribution in [-0.4, -0.2) is 53.3 Å². The smallest absolute Gasteiger partial charge is 0.319 e. The second kappa shape index (κ2) is 7.21. The van der Waals surface area contributed by atoms with Crippen LogP contribution < -0.4 is 10.6 Å². The van der Waals surface area contributed by atoms with Crippen LogP contribution in [0.3, 0.4) is 0 Å². The van der Waals surface area contributed by atoms with Gasteiger partial charge in [0.25, 0.3) is 0 Å². The lowest BCUT2D eigenvalue weighted by atomic mass is 10.2. The number of aromatic nitrogens is 3. The molecule has 0 radical (unpaired) electrons. The number of nitrogens with zero attached hydrogens (tertiary/aromatic N) is 3. The highest BCUT2D eigenvalue weighted by molar-refractivity contribution is 5.89. The molecular weight excluding hydrogens is 298 g/mol. The SMILES string of the molecule is Cn1cnnc1-c1ccc(NC(=O)NC[C@@H]2COCCO2)cc1. The van der Waals surface area contributed by atoms with Crippen LogP contribution in [0.15, 0.2) is 30.6 Å². The normalized spacial score (nSPS) is 17.7. The second-order valence-corrected chi connectivity index (χ2v) is 5.25. The highest BCUT2D eigenvalue weighted by atomic mass is 16.6. The van der Waals surface area contributed by atoms with Crippen LogP contribution in [0.25, 0.3) is 11.4 Å². The van der Waals surface area contributed by atoms with Gasteiger partial charge in [0, 0.05) is 24.8 Å². The van der Waals surface area contributed by atoms with Crippen LogP contribution in [0, 0.1) is 0 Å². The van der Waals surface area contributed by atoms with Gasteiger partial charge in [0.15, 0.2) is 5.82 Å². The molecule has 122 valence electrons. The Bertz CT molecular complexity index is 649. The number of amides is 2. The first-order valence-corrected chi connectivity index (χ1v) is 7.41. The zero-order valence-electron chi connectivity index (χ0n) is 12.9. The fraction of sp³-hybridized carbons (Fsp3) is 0.400. The Morgan fingerprint density at radius 1 is 1.35 bits per heavy atom. The summed E-state index contributed by atoms with van der Waals surface area (Å²) >= 11 is 0. The Morgan fingerprint density at radius 2 is 2.17 bits per heavy atom. The lowest BCUT2D eigenvalue weighted by Crippen LogP contribution is -2.41. The van der Waals surface area contributed by atoms with Crippen molar-refractivity contribution in [3.63, 3.8) is 0 Å². The number of nitrogens with one attached hydrogen (secondary N) is 2. The number of rotatable bonds is 4. The molecule has 0 spiro atoms. The largest absolute Gasteiger partial charge is 0.376 e. The number of hydrogen-bond acceptors (Lipinski definition) is 5. The maximum absolute atomic E-state index is 11.9. The van der Waals surface area contributed by atoms with E-state index >= 15 is 0 Å². The second-order valence-electron chi connectivity index (χ2n) is 5.25. The molecule has 1 aliphatic rings. The molecule has 1 aromatic carbocycles. The van der Waals surface area contributed by atoms with Crippen molar-refractivity contribution in [2.45, 2.75) is 6.10 Å². The third-order valence-electron chi connectivity index (χ3n) is 3.49. The first-order valence-electron chi connectivity index (χ1n) is 7.41. The number of ether oxygens (including phenoxy) is 2. The minimum absolute atomic E-state index is 0.0900. The molecule has 0 unspecified atom stereocenters. The standard InChI is InChI=1S/C15H19N5O3/c1-20-10-17-19-14(20)11-2-4-12(5-3-11)18-15(21)16-8-13-9-22-6-7-23-13/h2-5,10,13H,6-9H2,1H3,(H2,16,18,21)/t13-/m1/s1. The van der Waals surface area contributed by atoms with Gasteiger partial charge in [0.2, 0.25) is 0 Å². The Balaban J connectivity index is 1.51. The molecule has 3 rings (SSSR count). The molecule has 2 amide bonds. The van der Waals surface area contributed by atoms with E-state index in [1.165, 1.54) is 0 Å². The first kappa shape index (κ1) is 15.4. The molecule has 1 aromatic heterocycles. The summed E-state index contributed by atoms with van der Waals surface area (Å²) in [7, 11) is 1.88. The predicted octanol–water partition coefficient (Wildman–Crippen LogP) is 1.02. The molecule has 2 aromatic rings. The Morgan fingerprint density at radius 3 is 2.83 bits per heavy atom. The van der Waals surface area contributed by atoms with Crippen molar-refractivity contribution in [1.82, 2.24) is 20.1 Å². The van der Waals surface area contributed by atoms with E-state index in [-0.39, 0.29) is 12.1 Å². The predicted molar refractivity (Wildman–Crippen MR) is 84.0 cm³/mol. The minimum Gasteiger partial charge on any atom is -0.376 e. The highest BCUT2D eigenvalue weighted by Crippen LogP contribution is 2.18. The Kier molecular flexibility index (Phi) is 4.84. The summed E-state index contributed by atoms with van der Waals surface area (Å²) in [6, 6.07) is 7.15. The van der Waals surface area contributed by atoms with E-state index in [9.17, 15) is 4.79 Å². The van der Waals surface area contributed by atoms with Gasteiger partial charge in [0.05, 0.1) is 25.9 Å². The quantitative estimate of drug-likeness (QED) is 0.878. The van der Waals surface area contributed by atoms with Crippen LogP contribution >= 0.6 is 0 Å². The fourth-order valence-electron chi connectivity index (χ4n) is 2.28. The maximum atomic E-state index is 11.9. The Labute approximate surface area is 133 Å². The van der Waals surface area contributed by atoms with Gasteiger partial charge < -0.3 is 24.7 Å². The zero-order valence-corrected chi connectivity index (χ0v) is 12.9. The topological polar surface area (TPSA) is 90.3 Å². The van der Waals surface area contributed by atoms with Crippen LogP contribution in [-0.2, 0) is 16.5 Å². The van der Waals surface area contributed by atoms with Crippen molar-refractivity contribution >= 4 is 11.7 Å². The zero-order chi connectivity index (χ0) is 16.1. The third-order valence-corrected chi connectivity index (χ3v) is 3.49. The average molecular weight is 317 g/mol. The van der Waals surface area contributed by atoms with E-state index in [2.05, 4.69) is 20.8 Å². The van der Waals surface area contributed by atoms with Gasteiger partial charge in [-0.3, -0.25) is 0 Å². The third kappa shape index (κ3) is 4.05. The molecule has 8 heteroatoms. The number of carbonyl (C=O) groups is 1. The van der Waals surface area contributed by atoms with E-state index < -0.39 is 0 Å². The van der Waals surface area contributed by atoms with E-state index in [0.29, 0.717) is 32.1 Å². The molecule has 2 N–H and O–H groups in total. The summed E-state index contributed by atoms with van der Waals surface area (Å²) in [6.07, 6.45) is 1.55. The van der Waals surface area contributed by atoms with E-state index in [1.54, 1.807) is 6.33 Å². The highest BCUT2D eigenvalue weighted by Gasteiger charge is 2.15. The lowest BCUT2D eigenvalue weighted by molar-refractivity contribution is -0.0852. The van der Waals surface area contributed by atoms with Gasteiger partial charge in [0.1, 0.15) is 6.33 Å². The number of aryl methyl sites for hydroxylation is 1. The molecule has 0 bridgehead atoms. The lowest BCUT2D eigenvalue weighted by Gasteiger charge is -2.23. The number of hydrogen-bond donors (Lipinski definition) is 2. The van der Waals surface area contributed by atoms with Crippen molar-refractivity contribution in [1.29, 1.82) is 0 Å². The molecule has 1 aliphatic heterocycles. The van der Waals surface area contributed by atoms with Crippen LogP contribution in [0.4, 0.5) is 10.5 Å². The van der Waals surface area contributed by atoms with Gasteiger partial charge >= 0.3 is 6.03 Å². The number of anilines is 1. The molecule has 1 fully saturated rings. The van der Waals surface area contributed by atoms with Gasteiger partial charge in [-0.15, -0.1) is 10.2 Å². The summed E-state index contributed by atoms with van der Waals surface area (Å²) in [5.41, 5.74) is 1.64. The summed E-state index contributed by atoms with van der Waals surface area (Å²) < 4.78 is 12.6. The van der Waals surface area contributed by atoms with Crippen molar-refractivity contribution in [2.24, 2.45) is 7.05 Å². The summed E-state index contributed by atoms with van der Waals surface area (Å²) in [5, 5.41) is 13.4. The summed E-state index contributed by atoms with van der Waals surface area (Å²) in [5.74, 6) is 0.774. The van der Waals surface area contributed by atoms with Gasteiger partial charge in [-0.05, 0) is 24.3 Å². The van der Waals surface area contributed by atoms with Gasteiger partial charge in [-0.2, -0.15) is 0 Å². The van der Waals surface area contributed by atoms with Crippen LogP contribution in [0.5, 0.6) is 0 Å². The van der Waals surface area contributed by atoms with Gasteiger partial charge in [-0.25, -0.2) is 4.79 Å². The monoisotopic (exact) mass is 317 g/mol. The number of benzene rings is 1. The van der Waals surface area contributed by atoms with Crippen LogP contribution in [0.1, 0.15) is 0 Å². The maximum Gasteiger partial charge on any atom is 0.319 e. The van der Waals surface area contributed by atoms with E-state index in [1.807, 2.05) is 35.9 Å². The van der Waals surface area contributed by atoms with Crippen molar-refractivity contribution in [3.8, 4) is 11.4 Å². The fourth-order valence-corrected chi connectivity index (χ4v) is 2.28. The molecule has 1 atom stereocenters. The van der Waals surface area contributed by atoms with Crippen molar-refractivity contribution in [3.05, 3.63) is 30.6 Å². The van der Waals surface area contributed by atoms with Crippen molar-refractivity contribution < 1.29 is 14.3 Å². The average Bonchev–Trinajstić information content (AvgIpc) is 3.01. The van der Waals surface area contributed by atoms with E-state index in [4.69, 9.17) is 9.47 Å². The van der Waals surface area contributed by atoms with Crippen LogP contribution in [0.2, 0.25) is 0 Å². The molecule has 2 heterocycles. The number of urea groups is 1. The molecule has 1 saturated heterocycles. The molecule has 0 saturated carbocycles. The minimum atomic E-state index is -0.273. The first-order chi connectivity index (χ1) is 11.2. The number of carbonyl (C=O) groups excluding carboxylic acids is 1. The Hall–Kier alpha value is -2.45. The van der Waals surface area contributed by atoms with Crippen molar-refractivity contribution in [2.75, 3.05) is 31.7 Å². The molecule has 0 aliphatic carbocycles. The molecule has 23 heavy (non-hydrogen) atoms. The van der Waals surface area contributed by atoms with E-state index in [0.717, 1.165) is 11.4 Å². The van der Waals surface area contributed by atoms with Gasteiger partial charge in [-0.1, -0.05) is 0 Å². The molecule has 8 nitrogen and oxygen atoms in total. The summed E-state index contributed by atoms with van der Waals surface area (Å²) in [4.78, 5) is 11.9. The molecular formula is C15H19N5O3. The summed E-state index contributed by atoms with van der Waals surface area (Å²) in [6.45, 7) is 2.10.